The molecule has 3 heterocycles. The molecule has 1 atom stereocenters. The quantitative estimate of drug-likeness (QED) is 0.768. The van der Waals surface area contributed by atoms with Gasteiger partial charge in [0.1, 0.15) is 5.82 Å². The molecule has 3 aromatic rings. The van der Waals surface area contributed by atoms with Crippen molar-refractivity contribution < 1.29 is 9.15 Å². The molecule has 0 amide bonds. The third-order valence-electron chi connectivity index (χ3n) is 3.34. The Hall–Kier alpha value is -2.48. The molecular weight excluding hydrogens is 284 g/mol. The number of hydrogen-bond donors (Lipinski definition) is 1. The van der Waals surface area contributed by atoms with Crippen LogP contribution in [0.4, 0.5) is 5.82 Å². The van der Waals surface area contributed by atoms with Crippen LogP contribution in [0.25, 0.3) is 11.2 Å². The molecule has 0 radical (unpaired) electrons. The number of ether oxygens (including phenoxy) is 1. The molecule has 22 heavy (non-hydrogen) atoms. The van der Waals surface area contributed by atoms with Crippen molar-refractivity contribution in [2.45, 2.75) is 19.9 Å². The number of rotatable bonds is 5. The maximum absolute atomic E-state index is 5.49. The minimum atomic E-state index is -0.105. The Balaban J connectivity index is 2.01. The number of hydrogen-bond acceptors (Lipinski definition) is 7. The molecule has 0 unspecified atom stereocenters. The van der Waals surface area contributed by atoms with Crippen LogP contribution in [0.1, 0.15) is 23.5 Å². The van der Waals surface area contributed by atoms with Crippen LogP contribution >= 0.6 is 0 Å². The molecular formula is C14H18N6O2. The minimum absolute atomic E-state index is 0.105. The third-order valence-corrected chi connectivity index (χ3v) is 3.34. The van der Waals surface area contributed by atoms with Crippen LogP contribution in [0, 0.1) is 13.8 Å². The second-order valence-corrected chi connectivity index (χ2v) is 5.04. The summed E-state index contributed by atoms with van der Waals surface area (Å²) in [7, 11) is 3.55. The summed E-state index contributed by atoms with van der Waals surface area (Å²) in [4.78, 5) is 13.1. The van der Waals surface area contributed by atoms with Gasteiger partial charge in [-0.3, -0.25) is 4.68 Å². The van der Waals surface area contributed by atoms with Crippen molar-refractivity contribution in [3.05, 3.63) is 29.7 Å². The zero-order chi connectivity index (χ0) is 15.7. The van der Waals surface area contributed by atoms with E-state index in [1.54, 1.807) is 24.9 Å². The predicted molar refractivity (Wildman–Crippen MR) is 80.5 cm³/mol. The number of aryl methyl sites for hydroxylation is 3. The van der Waals surface area contributed by atoms with Crippen molar-refractivity contribution in [3.63, 3.8) is 0 Å². The van der Waals surface area contributed by atoms with Crippen molar-refractivity contribution >= 4 is 17.0 Å². The SMILES string of the molecule is COC[C@H](Nc1nc(C)nc2oc(C)nc12)c1ccnn1C. The summed E-state index contributed by atoms with van der Waals surface area (Å²) in [5.74, 6) is 1.80. The van der Waals surface area contributed by atoms with Crippen LogP contribution in [0.2, 0.25) is 0 Å². The lowest BCUT2D eigenvalue weighted by atomic mass is 10.2. The Bertz CT molecular complexity index is 794. The van der Waals surface area contributed by atoms with Gasteiger partial charge in [0, 0.05) is 27.3 Å². The monoisotopic (exact) mass is 302 g/mol. The number of fused-ring (bicyclic) bond motifs is 1. The molecule has 0 spiro atoms. The van der Waals surface area contributed by atoms with Crippen LogP contribution in [-0.4, -0.2) is 38.4 Å². The number of oxazole rings is 1. The number of nitrogens with zero attached hydrogens (tertiary/aromatic N) is 5. The van der Waals surface area contributed by atoms with E-state index in [0.29, 0.717) is 35.4 Å². The average Bonchev–Trinajstić information content (AvgIpc) is 3.03. The molecule has 0 fully saturated rings. The molecule has 0 aliphatic heterocycles. The highest BCUT2D eigenvalue weighted by atomic mass is 16.5. The number of methoxy groups -OCH3 is 1. The first-order valence-electron chi connectivity index (χ1n) is 6.93. The van der Waals surface area contributed by atoms with Gasteiger partial charge in [-0.2, -0.15) is 10.1 Å². The summed E-state index contributed by atoms with van der Waals surface area (Å²) < 4.78 is 12.6. The highest BCUT2D eigenvalue weighted by Gasteiger charge is 2.19. The topological polar surface area (TPSA) is 90.9 Å². The van der Waals surface area contributed by atoms with Crippen molar-refractivity contribution in [3.8, 4) is 0 Å². The standard InChI is InChI=1S/C14H18N6O2/c1-8-16-13(12-14(17-8)22-9(2)18-12)19-10(7-21-4)11-5-6-15-20(11)3/h5-6,10H,7H2,1-4H3,(H,16,17,19)/t10-/m0/s1. The molecule has 8 heteroatoms. The molecule has 0 bridgehead atoms. The first-order valence-corrected chi connectivity index (χ1v) is 6.93. The Labute approximate surface area is 127 Å². The maximum Gasteiger partial charge on any atom is 0.252 e. The van der Waals surface area contributed by atoms with E-state index in [-0.39, 0.29) is 6.04 Å². The van der Waals surface area contributed by atoms with Gasteiger partial charge in [-0.15, -0.1) is 0 Å². The first-order chi connectivity index (χ1) is 10.6. The smallest absolute Gasteiger partial charge is 0.252 e. The average molecular weight is 302 g/mol. The summed E-state index contributed by atoms with van der Waals surface area (Å²) in [6.07, 6.45) is 1.75. The predicted octanol–water partition coefficient (Wildman–Crippen LogP) is 1.77. The minimum Gasteiger partial charge on any atom is -0.422 e. The van der Waals surface area contributed by atoms with Gasteiger partial charge in [0.2, 0.25) is 0 Å². The van der Waals surface area contributed by atoms with E-state index in [1.165, 1.54) is 0 Å². The second kappa shape index (κ2) is 5.72. The molecule has 0 aliphatic rings. The number of nitrogens with one attached hydrogen (secondary N) is 1. The van der Waals surface area contributed by atoms with E-state index in [9.17, 15) is 0 Å². The fraction of sp³-hybridized carbons (Fsp3) is 0.429. The van der Waals surface area contributed by atoms with Gasteiger partial charge in [0.05, 0.1) is 18.3 Å². The zero-order valence-electron chi connectivity index (χ0n) is 13.0. The third kappa shape index (κ3) is 2.64. The van der Waals surface area contributed by atoms with Gasteiger partial charge < -0.3 is 14.5 Å². The van der Waals surface area contributed by atoms with Gasteiger partial charge in [-0.1, -0.05) is 0 Å². The summed E-state index contributed by atoms with van der Waals surface area (Å²) in [6.45, 7) is 4.08. The molecule has 1 N–H and O–H groups in total. The van der Waals surface area contributed by atoms with Crippen LogP contribution in [0.3, 0.4) is 0 Å². The molecule has 116 valence electrons. The van der Waals surface area contributed by atoms with Crippen LogP contribution in [-0.2, 0) is 11.8 Å². The van der Waals surface area contributed by atoms with Crippen molar-refractivity contribution in [2.75, 3.05) is 19.0 Å². The molecule has 0 aromatic carbocycles. The van der Waals surface area contributed by atoms with E-state index in [4.69, 9.17) is 9.15 Å². The molecule has 8 nitrogen and oxygen atoms in total. The van der Waals surface area contributed by atoms with E-state index in [0.717, 1.165) is 5.69 Å². The number of anilines is 1. The Morgan fingerprint density at radius 3 is 2.82 bits per heavy atom. The highest BCUT2D eigenvalue weighted by Crippen LogP contribution is 2.25. The van der Waals surface area contributed by atoms with Crippen molar-refractivity contribution in [2.24, 2.45) is 7.05 Å². The molecule has 0 saturated carbocycles. The van der Waals surface area contributed by atoms with E-state index in [2.05, 4.69) is 25.4 Å². The van der Waals surface area contributed by atoms with E-state index >= 15 is 0 Å². The zero-order valence-corrected chi connectivity index (χ0v) is 13.0. The molecule has 0 saturated heterocycles. The lowest BCUT2D eigenvalue weighted by Gasteiger charge is -2.19. The molecule has 3 aromatic heterocycles. The lowest BCUT2D eigenvalue weighted by molar-refractivity contribution is 0.184. The first kappa shape index (κ1) is 14.5. The van der Waals surface area contributed by atoms with Gasteiger partial charge >= 0.3 is 0 Å². The molecule has 3 rings (SSSR count). The van der Waals surface area contributed by atoms with Crippen molar-refractivity contribution in [1.29, 1.82) is 0 Å². The number of aromatic nitrogens is 5. The molecule has 0 aliphatic carbocycles. The fourth-order valence-electron chi connectivity index (χ4n) is 2.39. The van der Waals surface area contributed by atoms with Gasteiger partial charge in [-0.25, -0.2) is 9.97 Å². The second-order valence-electron chi connectivity index (χ2n) is 5.04. The van der Waals surface area contributed by atoms with Gasteiger partial charge in [0.25, 0.3) is 5.71 Å². The van der Waals surface area contributed by atoms with Crippen LogP contribution in [0.15, 0.2) is 16.7 Å². The summed E-state index contributed by atoms with van der Waals surface area (Å²) >= 11 is 0. The normalized spacial score (nSPS) is 12.7. The Morgan fingerprint density at radius 2 is 2.14 bits per heavy atom. The lowest BCUT2D eigenvalue weighted by Crippen LogP contribution is -2.20. The fourth-order valence-corrected chi connectivity index (χ4v) is 2.39. The highest BCUT2D eigenvalue weighted by molar-refractivity contribution is 5.81. The summed E-state index contributed by atoms with van der Waals surface area (Å²) in [5, 5.41) is 7.56. The summed E-state index contributed by atoms with van der Waals surface area (Å²) in [6, 6.07) is 1.84. The van der Waals surface area contributed by atoms with Crippen LogP contribution < -0.4 is 5.32 Å². The van der Waals surface area contributed by atoms with E-state index in [1.807, 2.05) is 20.0 Å². The maximum atomic E-state index is 5.49. The van der Waals surface area contributed by atoms with Gasteiger partial charge in [-0.05, 0) is 13.0 Å². The Kier molecular flexibility index (Phi) is 3.76. The van der Waals surface area contributed by atoms with Gasteiger partial charge in [0.15, 0.2) is 17.2 Å². The summed E-state index contributed by atoms with van der Waals surface area (Å²) in [5.41, 5.74) is 2.09. The Morgan fingerprint density at radius 1 is 1.32 bits per heavy atom. The van der Waals surface area contributed by atoms with E-state index < -0.39 is 0 Å². The van der Waals surface area contributed by atoms with Crippen molar-refractivity contribution in [1.82, 2.24) is 24.7 Å². The van der Waals surface area contributed by atoms with Crippen LogP contribution in [0.5, 0.6) is 0 Å². The largest absolute Gasteiger partial charge is 0.422 e.